The van der Waals surface area contributed by atoms with Gasteiger partial charge in [0.2, 0.25) is 0 Å². The molecule has 0 saturated heterocycles. The Kier molecular flexibility index (Phi) is 5.32. The van der Waals surface area contributed by atoms with Crippen molar-refractivity contribution in [3.63, 3.8) is 0 Å². The van der Waals surface area contributed by atoms with Gasteiger partial charge in [0.25, 0.3) is 0 Å². The smallest absolute Gasteiger partial charge is 0.310 e. The minimum absolute atomic E-state index is 0.0708. The lowest BCUT2D eigenvalue weighted by Crippen LogP contribution is -2.08. The van der Waals surface area contributed by atoms with Crippen LogP contribution in [0.15, 0.2) is 48.5 Å². The molecule has 0 N–H and O–H groups in total. The summed E-state index contributed by atoms with van der Waals surface area (Å²) < 4.78 is 24.2. The summed E-state index contributed by atoms with van der Waals surface area (Å²) in [6, 6.07) is 14.1. The van der Waals surface area contributed by atoms with Crippen LogP contribution in [0.4, 0.5) is 4.39 Å². The normalized spacial score (nSPS) is 10.2. The van der Waals surface area contributed by atoms with Crippen LogP contribution in [0, 0.1) is 5.82 Å². The zero-order valence-corrected chi connectivity index (χ0v) is 11.8. The van der Waals surface area contributed by atoms with Gasteiger partial charge in [-0.15, -0.1) is 0 Å². The molecular formula is C17H17FO3. The molecule has 110 valence electrons. The molecule has 0 unspecified atom stereocenters. The van der Waals surface area contributed by atoms with E-state index in [1.807, 2.05) is 30.3 Å². The van der Waals surface area contributed by atoms with Crippen molar-refractivity contribution in [2.75, 3.05) is 6.61 Å². The Hall–Kier alpha value is -2.36. The van der Waals surface area contributed by atoms with E-state index in [0.29, 0.717) is 24.5 Å². The van der Waals surface area contributed by atoms with Gasteiger partial charge in [-0.1, -0.05) is 36.4 Å². The van der Waals surface area contributed by atoms with E-state index in [-0.39, 0.29) is 6.42 Å². The number of hydrogen-bond acceptors (Lipinski definition) is 3. The van der Waals surface area contributed by atoms with E-state index in [4.69, 9.17) is 9.47 Å². The predicted octanol–water partition coefficient (Wildman–Crippen LogP) is 3.51. The Morgan fingerprint density at radius 2 is 1.90 bits per heavy atom. The lowest BCUT2D eigenvalue weighted by Gasteiger charge is -2.08. The molecule has 0 aliphatic carbocycles. The second-order valence-electron chi connectivity index (χ2n) is 4.51. The fourth-order valence-corrected chi connectivity index (χ4v) is 1.87. The summed E-state index contributed by atoms with van der Waals surface area (Å²) in [6.45, 7) is 2.38. The Labute approximate surface area is 123 Å². The number of carbonyl (C=O) groups excluding carboxylic acids is 1. The summed E-state index contributed by atoms with van der Waals surface area (Å²) in [5.74, 6) is -0.466. The quantitative estimate of drug-likeness (QED) is 0.763. The van der Waals surface area contributed by atoms with Gasteiger partial charge in [-0.2, -0.15) is 0 Å². The molecule has 4 heteroatoms. The summed E-state index contributed by atoms with van der Waals surface area (Å²) in [4.78, 5) is 11.3. The molecule has 0 atom stereocenters. The van der Waals surface area contributed by atoms with Crippen LogP contribution in [-0.2, 0) is 22.6 Å². The number of ether oxygens (including phenoxy) is 2. The highest BCUT2D eigenvalue weighted by molar-refractivity contribution is 5.72. The zero-order chi connectivity index (χ0) is 15.1. The Morgan fingerprint density at radius 3 is 2.57 bits per heavy atom. The van der Waals surface area contributed by atoms with Crippen LogP contribution in [0.1, 0.15) is 18.1 Å². The van der Waals surface area contributed by atoms with E-state index in [0.717, 1.165) is 5.56 Å². The summed E-state index contributed by atoms with van der Waals surface area (Å²) in [6.07, 6.45) is -0.0708. The topological polar surface area (TPSA) is 35.5 Å². The van der Waals surface area contributed by atoms with Crippen LogP contribution in [0.2, 0.25) is 0 Å². The van der Waals surface area contributed by atoms with Crippen LogP contribution < -0.4 is 4.74 Å². The Bertz CT molecular complexity index is 596. The third-order valence-corrected chi connectivity index (χ3v) is 2.91. The highest BCUT2D eigenvalue weighted by Crippen LogP contribution is 2.18. The van der Waals surface area contributed by atoms with Crippen LogP contribution in [-0.4, -0.2) is 12.6 Å². The van der Waals surface area contributed by atoms with Crippen molar-refractivity contribution in [1.82, 2.24) is 0 Å². The van der Waals surface area contributed by atoms with Crippen molar-refractivity contribution >= 4 is 5.97 Å². The van der Waals surface area contributed by atoms with Gasteiger partial charge in [0.15, 0.2) is 0 Å². The van der Waals surface area contributed by atoms with Crippen LogP contribution in [0.5, 0.6) is 5.75 Å². The second kappa shape index (κ2) is 7.43. The average molecular weight is 288 g/mol. The van der Waals surface area contributed by atoms with E-state index < -0.39 is 11.8 Å². The third kappa shape index (κ3) is 4.60. The fraction of sp³-hybridized carbons (Fsp3) is 0.235. The van der Waals surface area contributed by atoms with Crippen LogP contribution >= 0.6 is 0 Å². The molecule has 0 heterocycles. The average Bonchev–Trinajstić information content (AvgIpc) is 2.49. The number of esters is 1. The molecule has 2 aromatic rings. The molecule has 0 fully saturated rings. The maximum Gasteiger partial charge on any atom is 0.310 e. The number of hydrogen-bond donors (Lipinski definition) is 0. The van der Waals surface area contributed by atoms with Crippen molar-refractivity contribution in [3.8, 4) is 5.75 Å². The van der Waals surface area contributed by atoms with Gasteiger partial charge in [0, 0.05) is 6.07 Å². The molecule has 0 bridgehead atoms. The molecule has 0 aromatic heterocycles. The van der Waals surface area contributed by atoms with Gasteiger partial charge in [0.1, 0.15) is 18.2 Å². The van der Waals surface area contributed by atoms with Gasteiger partial charge in [0.05, 0.1) is 13.0 Å². The number of benzene rings is 2. The van der Waals surface area contributed by atoms with Crippen molar-refractivity contribution in [2.45, 2.75) is 20.0 Å². The molecule has 3 nitrogen and oxygen atoms in total. The highest BCUT2D eigenvalue weighted by atomic mass is 19.1. The molecule has 0 aliphatic heterocycles. The summed E-state index contributed by atoms with van der Waals surface area (Å²) in [5, 5.41) is 0. The van der Waals surface area contributed by atoms with Gasteiger partial charge in [-0.05, 0) is 24.1 Å². The van der Waals surface area contributed by atoms with Crippen LogP contribution in [0.3, 0.4) is 0 Å². The first kappa shape index (κ1) is 15.0. The first-order valence-corrected chi connectivity index (χ1v) is 6.80. The highest BCUT2D eigenvalue weighted by Gasteiger charge is 2.10. The van der Waals surface area contributed by atoms with E-state index in [1.54, 1.807) is 19.1 Å². The maximum atomic E-state index is 13.9. The third-order valence-electron chi connectivity index (χ3n) is 2.91. The number of carbonyl (C=O) groups is 1. The first-order valence-electron chi connectivity index (χ1n) is 6.80. The van der Waals surface area contributed by atoms with Crippen LogP contribution in [0.25, 0.3) is 0 Å². The summed E-state index contributed by atoms with van der Waals surface area (Å²) in [7, 11) is 0. The minimum Gasteiger partial charge on any atom is -0.489 e. The van der Waals surface area contributed by atoms with Gasteiger partial charge < -0.3 is 9.47 Å². The van der Waals surface area contributed by atoms with Gasteiger partial charge in [-0.25, -0.2) is 4.39 Å². The van der Waals surface area contributed by atoms with E-state index >= 15 is 0 Å². The Morgan fingerprint density at radius 1 is 1.14 bits per heavy atom. The molecule has 0 amide bonds. The van der Waals surface area contributed by atoms with Gasteiger partial charge >= 0.3 is 5.97 Å². The molecule has 2 rings (SSSR count). The molecular weight excluding hydrogens is 271 g/mol. The molecule has 0 saturated carbocycles. The Balaban J connectivity index is 1.97. The van der Waals surface area contributed by atoms with Crippen molar-refractivity contribution < 1.29 is 18.7 Å². The monoisotopic (exact) mass is 288 g/mol. The first-order chi connectivity index (χ1) is 10.2. The largest absolute Gasteiger partial charge is 0.489 e. The number of halogens is 1. The van der Waals surface area contributed by atoms with Gasteiger partial charge in [-0.3, -0.25) is 4.79 Å². The van der Waals surface area contributed by atoms with Crippen molar-refractivity contribution in [3.05, 3.63) is 65.5 Å². The minimum atomic E-state index is -0.464. The summed E-state index contributed by atoms with van der Waals surface area (Å²) in [5.41, 5.74) is 1.31. The standard InChI is InChI=1S/C17H17FO3/c1-2-20-17(19)10-14-8-9-15(11-16(14)18)21-12-13-6-4-3-5-7-13/h3-9,11H,2,10,12H2,1H3. The molecule has 21 heavy (non-hydrogen) atoms. The molecule has 0 spiro atoms. The molecule has 0 radical (unpaired) electrons. The number of rotatable bonds is 6. The maximum absolute atomic E-state index is 13.9. The van der Waals surface area contributed by atoms with Crippen molar-refractivity contribution in [2.24, 2.45) is 0 Å². The zero-order valence-electron chi connectivity index (χ0n) is 11.8. The van der Waals surface area contributed by atoms with E-state index in [1.165, 1.54) is 6.07 Å². The summed E-state index contributed by atoms with van der Waals surface area (Å²) >= 11 is 0. The second-order valence-corrected chi connectivity index (χ2v) is 4.51. The lowest BCUT2D eigenvalue weighted by atomic mass is 10.1. The predicted molar refractivity (Wildman–Crippen MR) is 77.5 cm³/mol. The van der Waals surface area contributed by atoms with E-state index in [9.17, 15) is 9.18 Å². The van der Waals surface area contributed by atoms with Crippen molar-refractivity contribution in [1.29, 1.82) is 0 Å². The molecule has 0 aliphatic rings. The SMILES string of the molecule is CCOC(=O)Cc1ccc(OCc2ccccc2)cc1F. The fourth-order valence-electron chi connectivity index (χ4n) is 1.87. The molecule has 2 aromatic carbocycles. The van der Waals surface area contributed by atoms with E-state index in [2.05, 4.69) is 0 Å². The lowest BCUT2D eigenvalue weighted by molar-refractivity contribution is -0.142.